The standard InChI is InChI=1S/C75H129NO8/c1-3-5-7-9-11-13-15-17-19-21-23-25-26-27-28-29-30-31-32-33-34-35-36-37-38-39-40-41-42-43-44-45-47-49-51-53-55-57-59-61-63-65-71(79)76-68(67-83-75-74(82)73(81)72(80)70(66-77)84-75)69(78)64-62-60-58-56-54-52-50-48-46-24-22-20-18-16-14-12-10-8-6-4-2/h5,7,11,13,17,19,23,25,27-28,30-31,33-34,36-37,39-40,62,64,68-70,72-75,77-78,80-82H,3-4,6,8-10,12,14-16,18,20-22,24,26,29,32,35,38,41-61,63,65-67H2,1-2H3,(H,76,79)/b7-5-,13-11-,19-17-,25-23-,28-27-,31-30-,34-33-,37-36-,40-39-,64-62+. The first kappa shape index (κ1) is 78.6. The zero-order chi connectivity index (χ0) is 60.7. The molecule has 0 spiro atoms. The lowest BCUT2D eigenvalue weighted by atomic mass is 9.99. The number of amides is 1. The van der Waals surface area contributed by atoms with Crippen LogP contribution in [0.15, 0.2) is 122 Å². The predicted molar refractivity (Wildman–Crippen MR) is 359 cm³/mol. The topological polar surface area (TPSA) is 149 Å². The number of carbonyl (C=O) groups is 1. The fourth-order valence-corrected chi connectivity index (χ4v) is 10.4. The molecule has 0 aliphatic carbocycles. The molecule has 1 saturated heterocycles. The van der Waals surface area contributed by atoms with Crippen molar-refractivity contribution in [3.63, 3.8) is 0 Å². The van der Waals surface area contributed by atoms with Crippen molar-refractivity contribution in [1.82, 2.24) is 5.32 Å². The summed E-state index contributed by atoms with van der Waals surface area (Å²) in [7, 11) is 0. The second-order valence-corrected chi connectivity index (χ2v) is 23.6. The van der Waals surface area contributed by atoms with Crippen LogP contribution in [0.2, 0.25) is 0 Å². The average molecular weight is 1170 g/mol. The number of aliphatic hydroxyl groups is 5. The average Bonchev–Trinajstić information content (AvgIpc) is 3.70. The van der Waals surface area contributed by atoms with E-state index in [9.17, 15) is 30.3 Å². The molecule has 1 aliphatic rings. The Morgan fingerprint density at radius 2 is 0.738 bits per heavy atom. The third-order valence-electron chi connectivity index (χ3n) is 15.8. The summed E-state index contributed by atoms with van der Waals surface area (Å²) in [6, 6.07) is -0.813. The van der Waals surface area contributed by atoms with Crippen LogP contribution in [0.4, 0.5) is 0 Å². The van der Waals surface area contributed by atoms with Crippen LogP contribution in [0.5, 0.6) is 0 Å². The first-order valence-electron chi connectivity index (χ1n) is 34.8. The second kappa shape index (κ2) is 62.6. The van der Waals surface area contributed by atoms with Crippen LogP contribution in [0.3, 0.4) is 0 Å². The highest BCUT2D eigenvalue weighted by molar-refractivity contribution is 5.76. The Labute approximate surface area is 516 Å². The highest BCUT2D eigenvalue weighted by Crippen LogP contribution is 2.23. The quantitative estimate of drug-likeness (QED) is 0.0261. The van der Waals surface area contributed by atoms with Crippen LogP contribution < -0.4 is 5.32 Å². The van der Waals surface area contributed by atoms with E-state index in [0.717, 1.165) is 96.3 Å². The van der Waals surface area contributed by atoms with E-state index in [4.69, 9.17) is 9.47 Å². The maximum absolute atomic E-state index is 13.1. The van der Waals surface area contributed by atoms with E-state index in [0.29, 0.717) is 6.42 Å². The van der Waals surface area contributed by atoms with Gasteiger partial charge in [0.15, 0.2) is 6.29 Å². The normalized spacial score (nSPS) is 19.0. The molecule has 7 atom stereocenters. The van der Waals surface area contributed by atoms with Crippen molar-refractivity contribution in [2.24, 2.45) is 0 Å². The van der Waals surface area contributed by atoms with Crippen molar-refractivity contribution in [2.75, 3.05) is 13.2 Å². The van der Waals surface area contributed by atoms with Gasteiger partial charge in [0.05, 0.1) is 25.4 Å². The number of nitrogens with one attached hydrogen (secondary N) is 1. The third-order valence-corrected chi connectivity index (χ3v) is 15.8. The number of allylic oxidation sites excluding steroid dienone is 19. The zero-order valence-corrected chi connectivity index (χ0v) is 53.9. The molecule has 0 aromatic heterocycles. The fourth-order valence-electron chi connectivity index (χ4n) is 10.4. The molecular formula is C75H129NO8. The lowest BCUT2D eigenvalue weighted by molar-refractivity contribution is -0.302. The predicted octanol–water partition coefficient (Wildman–Crippen LogP) is 19.0. The van der Waals surface area contributed by atoms with Crippen molar-refractivity contribution in [2.45, 2.75) is 333 Å². The molecule has 1 amide bonds. The van der Waals surface area contributed by atoms with Crippen LogP contribution in [-0.4, -0.2) is 87.5 Å². The van der Waals surface area contributed by atoms with Crippen LogP contribution in [0.1, 0.15) is 290 Å². The van der Waals surface area contributed by atoms with Gasteiger partial charge in [0.1, 0.15) is 24.4 Å². The number of aliphatic hydroxyl groups excluding tert-OH is 5. The number of hydrogen-bond acceptors (Lipinski definition) is 8. The Hall–Kier alpha value is -3.41. The molecule has 0 radical (unpaired) electrons. The monoisotopic (exact) mass is 1170 g/mol. The smallest absolute Gasteiger partial charge is 0.220 e. The van der Waals surface area contributed by atoms with E-state index < -0.39 is 49.5 Å². The SMILES string of the molecule is CC/C=C\C/C=C\C/C=C\C/C=C\C/C=C\C/C=C\C/C=C\C/C=C\C/C=C\CCCCCCCCCCCCCCCC(=O)NC(COC1OC(CO)C(O)C(O)C1O)C(O)/C=C/CCCCCCCCCCCCCCCCCCCC. The first-order valence-corrected chi connectivity index (χ1v) is 34.8. The number of rotatable bonds is 59. The third kappa shape index (κ3) is 50.7. The summed E-state index contributed by atoms with van der Waals surface area (Å²) < 4.78 is 11.3. The number of unbranched alkanes of at least 4 members (excludes halogenated alkanes) is 31. The summed E-state index contributed by atoms with van der Waals surface area (Å²) in [5.41, 5.74) is 0. The molecule has 0 aromatic rings. The molecule has 7 unspecified atom stereocenters. The number of ether oxygens (including phenoxy) is 2. The molecule has 84 heavy (non-hydrogen) atoms. The second-order valence-electron chi connectivity index (χ2n) is 23.6. The van der Waals surface area contributed by atoms with Crippen molar-refractivity contribution in [3.8, 4) is 0 Å². The van der Waals surface area contributed by atoms with E-state index in [1.165, 1.54) is 173 Å². The zero-order valence-electron chi connectivity index (χ0n) is 53.9. The lowest BCUT2D eigenvalue weighted by Gasteiger charge is -2.40. The summed E-state index contributed by atoms with van der Waals surface area (Å²) in [4.78, 5) is 13.1. The minimum absolute atomic E-state index is 0.180. The molecule has 0 bridgehead atoms. The largest absolute Gasteiger partial charge is 0.394 e. The molecule has 1 heterocycles. The van der Waals surface area contributed by atoms with Gasteiger partial charge >= 0.3 is 0 Å². The maximum Gasteiger partial charge on any atom is 0.220 e. The summed E-state index contributed by atoms with van der Waals surface area (Å²) >= 11 is 0. The van der Waals surface area contributed by atoms with Crippen LogP contribution >= 0.6 is 0 Å². The van der Waals surface area contributed by atoms with E-state index in [2.05, 4.69) is 129 Å². The summed E-state index contributed by atoms with van der Waals surface area (Å²) in [5.74, 6) is -0.180. The van der Waals surface area contributed by atoms with Gasteiger partial charge in [-0.05, 0) is 89.9 Å². The van der Waals surface area contributed by atoms with Crippen molar-refractivity contribution < 1.29 is 39.8 Å². The molecular weight excluding hydrogens is 1040 g/mol. The van der Waals surface area contributed by atoms with Gasteiger partial charge in [0.2, 0.25) is 5.91 Å². The van der Waals surface area contributed by atoms with E-state index in [1.807, 2.05) is 6.08 Å². The fraction of sp³-hybridized carbons (Fsp3) is 0.720. The molecule has 9 heteroatoms. The molecule has 1 fully saturated rings. The van der Waals surface area contributed by atoms with Crippen molar-refractivity contribution in [3.05, 3.63) is 122 Å². The van der Waals surface area contributed by atoms with E-state index in [-0.39, 0.29) is 12.5 Å². The summed E-state index contributed by atoms with van der Waals surface area (Å²) in [5, 5.41) is 54.7. The molecule has 1 rings (SSSR count). The van der Waals surface area contributed by atoms with Gasteiger partial charge in [-0.3, -0.25) is 4.79 Å². The van der Waals surface area contributed by atoms with Gasteiger partial charge in [-0.2, -0.15) is 0 Å². The molecule has 482 valence electrons. The Balaban J connectivity index is 2.12. The van der Waals surface area contributed by atoms with Crippen LogP contribution in [-0.2, 0) is 14.3 Å². The maximum atomic E-state index is 13.1. The first-order chi connectivity index (χ1) is 41.3. The number of carbonyl (C=O) groups excluding carboxylic acids is 1. The van der Waals surface area contributed by atoms with Crippen LogP contribution in [0.25, 0.3) is 0 Å². The minimum Gasteiger partial charge on any atom is -0.394 e. The van der Waals surface area contributed by atoms with E-state index >= 15 is 0 Å². The van der Waals surface area contributed by atoms with Crippen LogP contribution in [0, 0.1) is 0 Å². The van der Waals surface area contributed by atoms with E-state index in [1.54, 1.807) is 6.08 Å². The van der Waals surface area contributed by atoms with Gasteiger partial charge in [-0.25, -0.2) is 0 Å². The lowest BCUT2D eigenvalue weighted by Crippen LogP contribution is -2.60. The summed E-state index contributed by atoms with van der Waals surface area (Å²) in [6.45, 7) is 3.68. The summed E-state index contributed by atoms with van der Waals surface area (Å²) in [6.07, 6.45) is 87.2. The molecule has 0 aromatic carbocycles. The highest BCUT2D eigenvalue weighted by Gasteiger charge is 2.44. The molecule has 1 aliphatic heterocycles. The Bertz CT molecular complexity index is 1740. The van der Waals surface area contributed by atoms with Gasteiger partial charge in [-0.1, -0.05) is 315 Å². The van der Waals surface area contributed by atoms with Crippen molar-refractivity contribution >= 4 is 5.91 Å². The van der Waals surface area contributed by atoms with Gasteiger partial charge in [0, 0.05) is 6.42 Å². The van der Waals surface area contributed by atoms with Crippen molar-refractivity contribution in [1.29, 1.82) is 0 Å². The highest BCUT2D eigenvalue weighted by atomic mass is 16.7. The van der Waals surface area contributed by atoms with Gasteiger partial charge in [0.25, 0.3) is 0 Å². The molecule has 6 N–H and O–H groups in total. The Morgan fingerprint density at radius 1 is 0.417 bits per heavy atom. The van der Waals surface area contributed by atoms with Gasteiger partial charge < -0.3 is 40.3 Å². The van der Waals surface area contributed by atoms with Gasteiger partial charge in [-0.15, -0.1) is 0 Å². The molecule has 9 nitrogen and oxygen atoms in total. The Morgan fingerprint density at radius 3 is 1.10 bits per heavy atom. The molecule has 0 saturated carbocycles. The number of hydrogen-bond donors (Lipinski definition) is 6. The minimum atomic E-state index is -1.57. The Kier molecular flexibility index (Phi) is 58.6.